The Hall–Kier alpha value is -3.12. The number of likely N-dealkylation sites (tertiary alicyclic amines) is 2. The van der Waals surface area contributed by atoms with Crippen molar-refractivity contribution in [1.29, 1.82) is 0 Å². The van der Waals surface area contributed by atoms with Crippen LogP contribution in [0, 0.1) is 6.92 Å². The van der Waals surface area contributed by atoms with Crippen LogP contribution in [0.15, 0.2) is 24.3 Å². The van der Waals surface area contributed by atoms with Crippen LogP contribution in [0.4, 0.5) is 23.8 Å². The van der Waals surface area contributed by atoms with Crippen LogP contribution in [0.5, 0.6) is 5.75 Å². The average Bonchev–Trinajstić information content (AvgIpc) is 2.88. The molecule has 1 amide bonds. The van der Waals surface area contributed by atoms with Crippen LogP contribution in [0.25, 0.3) is 11.3 Å². The number of halogens is 3. The Bertz CT molecular complexity index is 1200. The summed E-state index contributed by atoms with van der Waals surface area (Å²) in [6.07, 6.45) is -0.690. The molecule has 1 aromatic heterocycles. The summed E-state index contributed by atoms with van der Waals surface area (Å²) in [7, 11) is 0. The molecule has 3 N–H and O–H groups in total. The number of phenols is 1. The molecule has 2 saturated heterocycles. The monoisotopic (exact) mass is 578 g/mol. The molecule has 4 rings (SSSR count). The van der Waals surface area contributed by atoms with Gasteiger partial charge in [0.25, 0.3) is 0 Å². The molecule has 12 heteroatoms. The Kier molecular flexibility index (Phi) is 9.63. The number of anilines is 1. The van der Waals surface area contributed by atoms with Gasteiger partial charge in [-0.25, -0.2) is 4.79 Å². The van der Waals surface area contributed by atoms with Gasteiger partial charge in [-0.3, -0.25) is 4.90 Å². The van der Waals surface area contributed by atoms with Gasteiger partial charge in [-0.15, -0.1) is 10.2 Å². The second-order valence-corrected chi connectivity index (χ2v) is 12.0. The fourth-order valence-electron chi connectivity index (χ4n) is 5.53. The Morgan fingerprint density at radius 3 is 2.46 bits per heavy atom. The van der Waals surface area contributed by atoms with E-state index in [1.54, 1.807) is 6.92 Å². The van der Waals surface area contributed by atoms with E-state index in [0.29, 0.717) is 35.7 Å². The first-order chi connectivity index (χ1) is 19.3. The van der Waals surface area contributed by atoms with Crippen LogP contribution < -0.4 is 10.6 Å². The molecule has 226 valence electrons. The van der Waals surface area contributed by atoms with Crippen LogP contribution in [0.1, 0.15) is 57.6 Å². The van der Waals surface area contributed by atoms with Gasteiger partial charge in [-0.1, -0.05) is 0 Å². The maximum Gasteiger partial charge on any atom is 0.416 e. The molecule has 2 aliphatic rings. The quantitative estimate of drug-likeness (QED) is 0.420. The third kappa shape index (κ3) is 8.68. The van der Waals surface area contributed by atoms with Gasteiger partial charge < -0.3 is 25.4 Å². The smallest absolute Gasteiger partial charge is 0.416 e. The highest BCUT2D eigenvalue weighted by Crippen LogP contribution is 2.37. The topological polar surface area (TPSA) is 103 Å². The minimum absolute atomic E-state index is 0.207. The third-order valence-electron chi connectivity index (χ3n) is 7.54. The van der Waals surface area contributed by atoms with Gasteiger partial charge in [0.2, 0.25) is 0 Å². The summed E-state index contributed by atoms with van der Waals surface area (Å²) in [5.74, 6) is 0.128. The highest BCUT2D eigenvalue weighted by atomic mass is 19.4. The van der Waals surface area contributed by atoms with Crippen molar-refractivity contribution in [3.05, 3.63) is 35.4 Å². The number of benzene rings is 1. The van der Waals surface area contributed by atoms with Crippen molar-refractivity contribution < 1.29 is 27.8 Å². The zero-order valence-corrected chi connectivity index (χ0v) is 24.2. The molecule has 0 bridgehead atoms. The molecule has 3 heterocycles. The summed E-state index contributed by atoms with van der Waals surface area (Å²) < 4.78 is 44.2. The Morgan fingerprint density at radius 1 is 1.10 bits per heavy atom. The maximum absolute atomic E-state index is 13.0. The number of hydrogen-bond donors (Lipinski definition) is 3. The third-order valence-corrected chi connectivity index (χ3v) is 7.54. The van der Waals surface area contributed by atoms with Crippen LogP contribution >= 0.6 is 0 Å². The van der Waals surface area contributed by atoms with E-state index in [2.05, 4.69) is 30.6 Å². The molecular weight excluding hydrogens is 537 g/mol. The molecule has 1 aromatic carbocycles. The van der Waals surface area contributed by atoms with Gasteiger partial charge in [0.15, 0.2) is 0 Å². The predicted molar refractivity (Wildman–Crippen MR) is 151 cm³/mol. The fourth-order valence-corrected chi connectivity index (χ4v) is 5.53. The van der Waals surface area contributed by atoms with Gasteiger partial charge in [0.05, 0.1) is 11.3 Å². The molecule has 2 aromatic rings. The minimum atomic E-state index is -4.53. The SMILES string of the molecule is Cc1cc(N[C@@H]2CCCN(C3CCN(CCNC(=O)OC(C)(C)C)CC3)C2)nnc1-c1ccc(C(F)(F)F)cc1O. The summed E-state index contributed by atoms with van der Waals surface area (Å²) in [6.45, 7) is 12.6. The molecule has 2 aliphatic heterocycles. The summed E-state index contributed by atoms with van der Waals surface area (Å²) in [5.41, 5.74) is -0.146. The normalized spacial score (nSPS) is 19.6. The molecular formula is C29H41F3N6O3. The van der Waals surface area contributed by atoms with E-state index in [0.717, 1.165) is 64.5 Å². The van der Waals surface area contributed by atoms with E-state index >= 15 is 0 Å². The molecule has 0 saturated carbocycles. The number of aromatic hydroxyl groups is 1. The lowest BCUT2D eigenvalue weighted by atomic mass is 9.98. The lowest BCUT2D eigenvalue weighted by molar-refractivity contribution is -0.137. The van der Waals surface area contributed by atoms with Crippen LogP contribution in [-0.4, -0.2) is 88.2 Å². The zero-order chi connectivity index (χ0) is 29.8. The summed E-state index contributed by atoms with van der Waals surface area (Å²) >= 11 is 0. The predicted octanol–water partition coefficient (Wildman–Crippen LogP) is 5.04. The summed E-state index contributed by atoms with van der Waals surface area (Å²) in [4.78, 5) is 16.8. The number of carbonyl (C=O) groups is 1. The van der Waals surface area contributed by atoms with Crippen molar-refractivity contribution >= 4 is 11.9 Å². The lowest BCUT2D eigenvalue weighted by Crippen LogP contribution is -2.51. The number of aromatic nitrogens is 2. The second-order valence-electron chi connectivity index (χ2n) is 12.0. The second kappa shape index (κ2) is 12.8. The Labute approximate surface area is 239 Å². The number of carbonyl (C=O) groups excluding carboxylic acids is 1. The van der Waals surface area contributed by atoms with E-state index in [-0.39, 0.29) is 17.7 Å². The van der Waals surface area contributed by atoms with Crippen LogP contribution in [0.3, 0.4) is 0 Å². The zero-order valence-electron chi connectivity index (χ0n) is 24.2. The minimum Gasteiger partial charge on any atom is -0.507 e. The number of rotatable bonds is 7. The number of aryl methyl sites for hydroxylation is 1. The first-order valence-electron chi connectivity index (χ1n) is 14.2. The Morgan fingerprint density at radius 2 is 1.83 bits per heavy atom. The fraction of sp³-hybridized carbons (Fsp3) is 0.621. The van der Waals surface area contributed by atoms with Crippen molar-refractivity contribution in [3.63, 3.8) is 0 Å². The standard InChI is InChI=1S/C29H41F3N6O3/c1-19-16-25(35-36-26(19)23-8-7-20(17-24(23)39)29(30,31)32)34-21-6-5-12-38(18-21)22-9-13-37(14-10-22)15-11-33-27(40)41-28(2,3)4/h7-8,16-17,21-22,39H,5-6,9-15,18H2,1-4H3,(H,33,40)(H,34,35)/t21-/m1/s1. The van der Waals surface area contributed by atoms with Crippen LogP contribution in [-0.2, 0) is 10.9 Å². The number of alkyl carbamates (subject to hydrolysis) is 1. The highest BCUT2D eigenvalue weighted by Gasteiger charge is 2.32. The highest BCUT2D eigenvalue weighted by molar-refractivity contribution is 5.70. The van der Waals surface area contributed by atoms with Crippen molar-refractivity contribution in [2.24, 2.45) is 0 Å². The number of nitrogens with one attached hydrogen (secondary N) is 2. The number of piperidine rings is 2. The molecule has 2 fully saturated rings. The van der Waals surface area contributed by atoms with E-state index in [4.69, 9.17) is 4.74 Å². The van der Waals surface area contributed by atoms with Gasteiger partial charge in [-0.2, -0.15) is 13.2 Å². The number of alkyl halides is 3. The molecule has 0 radical (unpaired) electrons. The maximum atomic E-state index is 13.0. The van der Waals surface area contributed by atoms with E-state index in [1.165, 1.54) is 6.07 Å². The van der Waals surface area contributed by atoms with Gasteiger partial charge in [-0.05, 0) is 103 Å². The molecule has 0 aliphatic carbocycles. The first kappa shape index (κ1) is 30.8. The number of hydrogen-bond acceptors (Lipinski definition) is 8. The molecule has 41 heavy (non-hydrogen) atoms. The van der Waals surface area contributed by atoms with Crippen molar-refractivity contribution in [2.45, 2.75) is 77.2 Å². The van der Waals surface area contributed by atoms with Crippen molar-refractivity contribution in [3.8, 4) is 17.0 Å². The van der Waals surface area contributed by atoms with Crippen LogP contribution in [0.2, 0.25) is 0 Å². The van der Waals surface area contributed by atoms with E-state index in [1.807, 2.05) is 26.8 Å². The molecule has 1 atom stereocenters. The number of amides is 1. The van der Waals surface area contributed by atoms with Gasteiger partial charge in [0.1, 0.15) is 17.2 Å². The largest absolute Gasteiger partial charge is 0.507 e. The van der Waals surface area contributed by atoms with E-state index in [9.17, 15) is 23.1 Å². The number of ether oxygens (including phenoxy) is 1. The molecule has 0 spiro atoms. The lowest BCUT2D eigenvalue weighted by Gasteiger charge is -2.42. The van der Waals surface area contributed by atoms with Gasteiger partial charge >= 0.3 is 12.3 Å². The Balaban J connectivity index is 1.26. The van der Waals surface area contributed by atoms with Crippen molar-refractivity contribution in [2.75, 3.05) is 44.6 Å². The first-order valence-corrected chi connectivity index (χ1v) is 14.2. The van der Waals surface area contributed by atoms with Gasteiger partial charge in [0, 0.05) is 37.3 Å². The number of nitrogens with zero attached hydrogens (tertiary/aromatic N) is 4. The van der Waals surface area contributed by atoms with E-state index < -0.39 is 23.1 Å². The summed E-state index contributed by atoms with van der Waals surface area (Å²) in [5, 5.41) is 25.0. The molecule has 9 nitrogen and oxygen atoms in total. The molecule has 0 unspecified atom stereocenters. The summed E-state index contributed by atoms with van der Waals surface area (Å²) in [6, 6.07) is 5.41. The number of phenolic OH excluding ortho intramolecular Hbond substituents is 1. The van der Waals surface area contributed by atoms with Crippen molar-refractivity contribution in [1.82, 2.24) is 25.3 Å². The average molecular weight is 579 g/mol.